The molecule has 3 aromatic rings. The van der Waals surface area contributed by atoms with Crippen LogP contribution in [-0.4, -0.2) is 11.0 Å². The van der Waals surface area contributed by atoms with Crippen LogP contribution in [0.5, 0.6) is 0 Å². The Labute approximate surface area is 155 Å². The van der Waals surface area contributed by atoms with Crippen molar-refractivity contribution in [3.63, 3.8) is 0 Å². The van der Waals surface area contributed by atoms with Crippen molar-refractivity contribution in [1.82, 2.24) is 4.98 Å². The number of aromatic nitrogens is 1. The number of thiazole rings is 1. The van der Waals surface area contributed by atoms with Gasteiger partial charge in [0.05, 0.1) is 5.69 Å². The molecule has 134 valence electrons. The number of hydrogen-bond donors (Lipinski definition) is 1. The summed E-state index contributed by atoms with van der Waals surface area (Å²) in [6.07, 6.45) is -0.204. The monoisotopic (exact) mass is 369 g/mol. The third-order valence-electron chi connectivity index (χ3n) is 3.95. The maximum atomic E-state index is 13.0. The van der Waals surface area contributed by atoms with Crippen LogP contribution in [0.4, 0.5) is 15.2 Å². The molecule has 0 saturated carbocycles. The number of aliphatic carboxylic acids is 1. The molecule has 1 N–H and O–H groups in total. The Hall–Kier alpha value is -2.73. The Balaban J connectivity index is 1.93. The van der Waals surface area contributed by atoms with Crippen LogP contribution < -0.4 is 10.4 Å². The average molecular weight is 369 g/mol. The normalized spacial score (nSPS) is 10.9. The minimum atomic E-state index is -1.15. The summed E-state index contributed by atoms with van der Waals surface area (Å²) in [5.74, 6) is -1.06. The molecule has 6 heteroatoms. The lowest BCUT2D eigenvalue weighted by Gasteiger charge is -2.07. The molecule has 0 radical (unpaired) electrons. The minimum Gasteiger partial charge on any atom is -0.550 e. The van der Waals surface area contributed by atoms with Crippen molar-refractivity contribution in [3.05, 3.63) is 64.8 Å². The van der Waals surface area contributed by atoms with Gasteiger partial charge in [0.1, 0.15) is 5.82 Å². The van der Waals surface area contributed by atoms with Crippen LogP contribution in [0.1, 0.15) is 30.2 Å². The molecule has 0 amide bonds. The third kappa shape index (κ3) is 4.26. The van der Waals surface area contributed by atoms with Crippen molar-refractivity contribution >= 4 is 28.1 Å². The van der Waals surface area contributed by atoms with Crippen LogP contribution in [0, 0.1) is 5.82 Å². The fourth-order valence-corrected chi connectivity index (χ4v) is 3.55. The van der Waals surface area contributed by atoms with Gasteiger partial charge in [0, 0.05) is 28.5 Å². The molecule has 1 aromatic heterocycles. The smallest absolute Gasteiger partial charge is 0.187 e. The highest BCUT2D eigenvalue weighted by Gasteiger charge is 2.14. The second-order valence-electron chi connectivity index (χ2n) is 6.25. The predicted octanol–water partition coefficient (Wildman–Crippen LogP) is 4.11. The zero-order chi connectivity index (χ0) is 18.7. The van der Waals surface area contributed by atoms with Gasteiger partial charge in [0.15, 0.2) is 5.13 Å². The number of nitrogens with one attached hydrogen (secondary N) is 1. The highest BCUT2D eigenvalue weighted by Crippen LogP contribution is 2.33. The maximum absolute atomic E-state index is 13.0. The number of carboxylic acids is 1. The van der Waals surface area contributed by atoms with Gasteiger partial charge in [-0.2, -0.15) is 0 Å². The molecule has 0 spiro atoms. The first kappa shape index (κ1) is 18.1. The van der Waals surface area contributed by atoms with Crippen molar-refractivity contribution in [1.29, 1.82) is 0 Å². The number of carbonyl (C=O) groups excluding carboxylic acids is 1. The Morgan fingerprint density at radius 2 is 1.81 bits per heavy atom. The Bertz CT molecular complexity index is 903. The minimum absolute atomic E-state index is 0.204. The van der Waals surface area contributed by atoms with Crippen LogP contribution in [0.2, 0.25) is 0 Å². The molecule has 0 aliphatic heterocycles. The second-order valence-corrected chi connectivity index (χ2v) is 7.33. The zero-order valence-electron chi connectivity index (χ0n) is 14.5. The van der Waals surface area contributed by atoms with Crippen LogP contribution >= 0.6 is 11.3 Å². The summed E-state index contributed by atoms with van der Waals surface area (Å²) in [6, 6.07) is 13.9. The first-order chi connectivity index (χ1) is 12.4. The number of hydrogen-bond acceptors (Lipinski definition) is 5. The van der Waals surface area contributed by atoms with E-state index in [4.69, 9.17) is 0 Å². The SMILES string of the molecule is CC(C)c1ccc(-c2nc(Nc3ccc(F)cc3)sc2CC(=O)[O-])cc1. The van der Waals surface area contributed by atoms with Crippen molar-refractivity contribution in [2.75, 3.05) is 5.32 Å². The van der Waals surface area contributed by atoms with E-state index in [-0.39, 0.29) is 12.2 Å². The summed E-state index contributed by atoms with van der Waals surface area (Å²) in [7, 11) is 0. The van der Waals surface area contributed by atoms with Gasteiger partial charge in [-0.25, -0.2) is 9.37 Å². The molecule has 0 aliphatic rings. The first-order valence-corrected chi connectivity index (χ1v) is 9.06. The summed E-state index contributed by atoms with van der Waals surface area (Å²) < 4.78 is 13.0. The highest BCUT2D eigenvalue weighted by atomic mass is 32.1. The summed E-state index contributed by atoms with van der Waals surface area (Å²) in [4.78, 5) is 16.3. The second kappa shape index (κ2) is 7.66. The van der Waals surface area contributed by atoms with Gasteiger partial charge in [0.2, 0.25) is 0 Å². The summed E-state index contributed by atoms with van der Waals surface area (Å²) in [5, 5.41) is 14.8. The molecule has 0 aliphatic carbocycles. The number of anilines is 2. The van der Waals surface area contributed by atoms with Crippen molar-refractivity contribution in [2.45, 2.75) is 26.2 Å². The van der Waals surface area contributed by atoms with Crippen LogP contribution in [-0.2, 0) is 11.2 Å². The van der Waals surface area contributed by atoms with Crippen molar-refractivity contribution < 1.29 is 14.3 Å². The lowest BCUT2D eigenvalue weighted by atomic mass is 10.0. The number of rotatable bonds is 6. The summed E-state index contributed by atoms with van der Waals surface area (Å²) in [6.45, 7) is 4.23. The molecule has 4 nitrogen and oxygen atoms in total. The number of carboxylic acid groups (broad SMARTS) is 1. The molecule has 0 atom stereocenters. The van der Waals surface area contributed by atoms with Crippen LogP contribution in [0.15, 0.2) is 48.5 Å². The molecule has 3 rings (SSSR count). The Kier molecular flexibility index (Phi) is 5.32. The van der Waals surface area contributed by atoms with E-state index in [9.17, 15) is 14.3 Å². The van der Waals surface area contributed by atoms with E-state index in [1.54, 1.807) is 12.1 Å². The maximum Gasteiger partial charge on any atom is 0.187 e. The molecular weight excluding hydrogens is 351 g/mol. The number of benzene rings is 2. The van der Waals surface area contributed by atoms with Crippen molar-refractivity contribution in [2.24, 2.45) is 0 Å². The molecule has 0 fully saturated rings. The van der Waals surface area contributed by atoms with E-state index in [2.05, 4.69) is 24.1 Å². The number of halogens is 1. The van der Waals surface area contributed by atoms with Crippen LogP contribution in [0.3, 0.4) is 0 Å². The molecule has 2 aromatic carbocycles. The lowest BCUT2D eigenvalue weighted by molar-refractivity contribution is -0.304. The third-order valence-corrected chi connectivity index (χ3v) is 4.92. The van der Waals surface area contributed by atoms with Crippen LogP contribution in [0.25, 0.3) is 11.3 Å². The Morgan fingerprint density at radius 1 is 1.15 bits per heavy atom. The van der Waals surface area contributed by atoms with Gasteiger partial charge in [0.25, 0.3) is 0 Å². The molecule has 1 heterocycles. The molecule has 26 heavy (non-hydrogen) atoms. The molecule has 0 saturated heterocycles. The number of nitrogens with zero attached hydrogens (tertiary/aromatic N) is 1. The highest BCUT2D eigenvalue weighted by molar-refractivity contribution is 7.16. The average Bonchev–Trinajstić information content (AvgIpc) is 2.98. The van der Waals surface area contributed by atoms with E-state index in [1.165, 1.54) is 29.0 Å². The van der Waals surface area contributed by atoms with E-state index >= 15 is 0 Å². The van der Waals surface area contributed by atoms with Gasteiger partial charge >= 0.3 is 0 Å². The van der Waals surface area contributed by atoms with E-state index in [0.29, 0.717) is 27.3 Å². The molecule has 0 unspecified atom stereocenters. The van der Waals surface area contributed by atoms with E-state index in [0.717, 1.165) is 5.56 Å². The van der Waals surface area contributed by atoms with E-state index < -0.39 is 5.97 Å². The van der Waals surface area contributed by atoms with Gasteiger partial charge in [-0.3, -0.25) is 0 Å². The fourth-order valence-electron chi connectivity index (χ4n) is 2.56. The lowest BCUT2D eigenvalue weighted by Crippen LogP contribution is -2.24. The predicted molar refractivity (Wildman–Crippen MR) is 100 cm³/mol. The van der Waals surface area contributed by atoms with Gasteiger partial charge < -0.3 is 15.2 Å². The fraction of sp³-hybridized carbons (Fsp3) is 0.200. The quantitative estimate of drug-likeness (QED) is 0.710. The zero-order valence-corrected chi connectivity index (χ0v) is 15.3. The van der Waals surface area contributed by atoms with Gasteiger partial charge in [-0.15, -0.1) is 11.3 Å². The molecule has 0 bridgehead atoms. The first-order valence-electron chi connectivity index (χ1n) is 8.25. The number of carbonyl (C=O) groups is 1. The van der Waals surface area contributed by atoms with Gasteiger partial charge in [-0.1, -0.05) is 38.1 Å². The standard InChI is InChI=1S/C20H19FN2O2S/c1-12(2)13-3-5-14(6-4-13)19-17(11-18(24)25)26-20(23-19)22-16-9-7-15(21)8-10-16/h3-10,12H,11H2,1-2H3,(H,22,23)(H,24,25)/p-1. The van der Waals surface area contributed by atoms with Crippen molar-refractivity contribution in [3.8, 4) is 11.3 Å². The van der Waals surface area contributed by atoms with E-state index in [1.807, 2.05) is 24.3 Å². The summed E-state index contributed by atoms with van der Waals surface area (Å²) in [5.41, 5.74) is 3.37. The Morgan fingerprint density at radius 3 is 2.38 bits per heavy atom. The largest absolute Gasteiger partial charge is 0.550 e. The topological polar surface area (TPSA) is 65.0 Å². The molecular formula is C20H18FN2O2S-. The van der Waals surface area contributed by atoms with Gasteiger partial charge in [-0.05, 0) is 35.7 Å². The summed E-state index contributed by atoms with van der Waals surface area (Å²) >= 11 is 1.26.